The van der Waals surface area contributed by atoms with E-state index in [0.29, 0.717) is 19.1 Å². The van der Waals surface area contributed by atoms with Gasteiger partial charge in [0, 0.05) is 13.1 Å². The van der Waals surface area contributed by atoms with Crippen molar-refractivity contribution in [2.45, 2.75) is 19.8 Å². The minimum absolute atomic E-state index is 0.564. The predicted octanol–water partition coefficient (Wildman–Crippen LogP) is 2.11. The summed E-state index contributed by atoms with van der Waals surface area (Å²) in [5.41, 5.74) is 5.99. The van der Waals surface area contributed by atoms with Crippen LogP contribution in [0.1, 0.15) is 19.8 Å². The van der Waals surface area contributed by atoms with Gasteiger partial charge < -0.3 is 15.4 Å². The Kier molecular flexibility index (Phi) is 5.07. The summed E-state index contributed by atoms with van der Waals surface area (Å²) in [6.07, 6.45) is 2.41. The fraction of sp³-hybridized carbons (Fsp3) is 0.533. The van der Waals surface area contributed by atoms with Gasteiger partial charge in [0.05, 0.1) is 6.54 Å². The van der Waals surface area contributed by atoms with Crippen LogP contribution in [0, 0.1) is 5.92 Å². The zero-order valence-corrected chi connectivity index (χ0v) is 11.6. The van der Waals surface area contributed by atoms with Crippen LogP contribution >= 0.6 is 0 Å². The molecule has 0 unspecified atom stereocenters. The summed E-state index contributed by atoms with van der Waals surface area (Å²) >= 11 is 0. The molecule has 2 rings (SSSR count). The zero-order valence-electron chi connectivity index (χ0n) is 11.6. The molecule has 1 heterocycles. The quantitative estimate of drug-likeness (QED) is 0.513. The average molecular weight is 261 g/mol. The standard InChI is InChI=1S/C15H23N3O/c1-13-7-10-18(11-8-13)15(16)17-9-12-19-14-5-3-2-4-6-14/h2-6,13H,7-12H2,1H3,(H2,16,17). The highest BCUT2D eigenvalue weighted by Crippen LogP contribution is 2.15. The molecule has 4 heteroatoms. The highest BCUT2D eigenvalue weighted by Gasteiger charge is 2.16. The number of para-hydroxylation sites is 1. The minimum atomic E-state index is 0.564. The highest BCUT2D eigenvalue weighted by molar-refractivity contribution is 5.78. The number of hydrogen-bond donors (Lipinski definition) is 1. The molecule has 4 nitrogen and oxygen atoms in total. The number of piperidine rings is 1. The molecule has 0 atom stereocenters. The Hall–Kier alpha value is -1.71. The van der Waals surface area contributed by atoms with Crippen molar-refractivity contribution >= 4 is 5.96 Å². The van der Waals surface area contributed by atoms with Gasteiger partial charge in [-0.2, -0.15) is 0 Å². The summed E-state index contributed by atoms with van der Waals surface area (Å²) in [5, 5.41) is 0. The lowest BCUT2D eigenvalue weighted by Gasteiger charge is -2.31. The number of benzene rings is 1. The molecule has 0 aliphatic carbocycles. The predicted molar refractivity (Wildman–Crippen MR) is 78.4 cm³/mol. The number of nitrogens with two attached hydrogens (primary N) is 1. The van der Waals surface area contributed by atoms with Crippen LogP contribution < -0.4 is 10.5 Å². The summed E-state index contributed by atoms with van der Waals surface area (Å²) in [6.45, 7) is 5.51. The number of hydrogen-bond acceptors (Lipinski definition) is 2. The van der Waals surface area contributed by atoms with Crippen LogP contribution in [0.5, 0.6) is 5.75 Å². The van der Waals surface area contributed by atoms with Gasteiger partial charge in [-0.15, -0.1) is 0 Å². The van der Waals surface area contributed by atoms with Crippen LogP contribution in [-0.2, 0) is 0 Å². The Morgan fingerprint density at radius 3 is 2.68 bits per heavy atom. The van der Waals surface area contributed by atoms with Crippen LogP contribution in [-0.4, -0.2) is 37.1 Å². The largest absolute Gasteiger partial charge is 0.492 e. The monoisotopic (exact) mass is 261 g/mol. The Bertz CT molecular complexity index is 397. The van der Waals surface area contributed by atoms with E-state index in [1.54, 1.807) is 0 Å². The lowest BCUT2D eigenvalue weighted by molar-refractivity contribution is 0.276. The summed E-state index contributed by atoms with van der Waals surface area (Å²) in [6, 6.07) is 9.78. The first kappa shape index (κ1) is 13.7. The maximum atomic E-state index is 5.99. The normalized spacial score (nSPS) is 17.5. The molecule has 0 aromatic heterocycles. The van der Waals surface area contributed by atoms with E-state index in [4.69, 9.17) is 10.5 Å². The molecule has 0 spiro atoms. The highest BCUT2D eigenvalue weighted by atomic mass is 16.5. The van der Waals surface area contributed by atoms with Crippen molar-refractivity contribution in [1.29, 1.82) is 0 Å². The fourth-order valence-corrected chi connectivity index (χ4v) is 2.18. The van der Waals surface area contributed by atoms with Gasteiger partial charge in [0.2, 0.25) is 0 Å². The second kappa shape index (κ2) is 7.02. The molecule has 104 valence electrons. The van der Waals surface area contributed by atoms with E-state index in [1.165, 1.54) is 12.8 Å². The SMILES string of the molecule is CC1CCN(C(N)=NCCOc2ccccc2)CC1. The van der Waals surface area contributed by atoms with E-state index >= 15 is 0 Å². The molecule has 0 bridgehead atoms. The van der Waals surface area contributed by atoms with Gasteiger partial charge in [-0.25, -0.2) is 4.99 Å². The van der Waals surface area contributed by atoms with Crippen molar-refractivity contribution in [1.82, 2.24) is 4.90 Å². The van der Waals surface area contributed by atoms with Crippen LogP contribution in [0.3, 0.4) is 0 Å². The van der Waals surface area contributed by atoms with Crippen LogP contribution in [0.25, 0.3) is 0 Å². The fourth-order valence-electron chi connectivity index (χ4n) is 2.18. The molecule has 1 saturated heterocycles. The molecule has 1 aliphatic rings. The van der Waals surface area contributed by atoms with Gasteiger partial charge in [0.15, 0.2) is 5.96 Å². The Balaban J connectivity index is 1.70. The summed E-state index contributed by atoms with van der Waals surface area (Å²) in [5.74, 6) is 2.34. The van der Waals surface area contributed by atoms with Gasteiger partial charge in [-0.3, -0.25) is 0 Å². The first-order valence-electron chi connectivity index (χ1n) is 6.98. The summed E-state index contributed by atoms with van der Waals surface area (Å²) in [7, 11) is 0. The van der Waals surface area contributed by atoms with Crippen molar-refractivity contribution in [3.8, 4) is 5.75 Å². The average Bonchev–Trinajstić information content (AvgIpc) is 2.45. The molecule has 1 aliphatic heterocycles. The molecule has 0 radical (unpaired) electrons. The Morgan fingerprint density at radius 2 is 2.00 bits per heavy atom. The van der Waals surface area contributed by atoms with E-state index < -0.39 is 0 Å². The number of aliphatic imine (C=N–C) groups is 1. The zero-order chi connectivity index (χ0) is 13.5. The smallest absolute Gasteiger partial charge is 0.191 e. The second-order valence-corrected chi connectivity index (χ2v) is 5.07. The molecule has 0 saturated carbocycles. The van der Waals surface area contributed by atoms with E-state index in [2.05, 4.69) is 16.8 Å². The lowest BCUT2D eigenvalue weighted by atomic mass is 10.00. The topological polar surface area (TPSA) is 50.8 Å². The molecular weight excluding hydrogens is 238 g/mol. The number of nitrogens with zero attached hydrogens (tertiary/aromatic N) is 2. The molecule has 0 amide bonds. The number of rotatable bonds is 4. The van der Waals surface area contributed by atoms with E-state index in [1.807, 2.05) is 30.3 Å². The molecule has 1 aromatic rings. The van der Waals surface area contributed by atoms with Gasteiger partial charge >= 0.3 is 0 Å². The molecule has 1 aromatic carbocycles. The van der Waals surface area contributed by atoms with Crippen LogP contribution in [0.15, 0.2) is 35.3 Å². The van der Waals surface area contributed by atoms with E-state index in [0.717, 1.165) is 24.8 Å². The van der Waals surface area contributed by atoms with Gasteiger partial charge in [-0.1, -0.05) is 25.1 Å². The number of guanidine groups is 1. The lowest BCUT2D eigenvalue weighted by Crippen LogP contribution is -2.42. The van der Waals surface area contributed by atoms with Gasteiger partial charge in [0.25, 0.3) is 0 Å². The third-order valence-electron chi connectivity index (χ3n) is 3.48. The van der Waals surface area contributed by atoms with Crippen molar-refractivity contribution < 1.29 is 4.74 Å². The second-order valence-electron chi connectivity index (χ2n) is 5.07. The molecule has 2 N–H and O–H groups in total. The summed E-state index contributed by atoms with van der Waals surface area (Å²) < 4.78 is 5.58. The van der Waals surface area contributed by atoms with Crippen molar-refractivity contribution in [2.75, 3.05) is 26.2 Å². The summed E-state index contributed by atoms with van der Waals surface area (Å²) in [4.78, 5) is 6.55. The Labute approximate surface area is 115 Å². The van der Waals surface area contributed by atoms with E-state index in [-0.39, 0.29) is 0 Å². The van der Waals surface area contributed by atoms with Crippen molar-refractivity contribution in [3.63, 3.8) is 0 Å². The third kappa shape index (κ3) is 4.47. The van der Waals surface area contributed by atoms with Crippen LogP contribution in [0.2, 0.25) is 0 Å². The number of likely N-dealkylation sites (tertiary alicyclic amines) is 1. The number of ether oxygens (including phenoxy) is 1. The first-order valence-corrected chi connectivity index (χ1v) is 6.98. The molecule has 1 fully saturated rings. The van der Waals surface area contributed by atoms with Gasteiger partial charge in [-0.05, 0) is 30.9 Å². The van der Waals surface area contributed by atoms with Crippen molar-refractivity contribution in [3.05, 3.63) is 30.3 Å². The minimum Gasteiger partial charge on any atom is -0.492 e. The first-order chi connectivity index (χ1) is 9.25. The van der Waals surface area contributed by atoms with Gasteiger partial charge in [0.1, 0.15) is 12.4 Å². The maximum Gasteiger partial charge on any atom is 0.191 e. The Morgan fingerprint density at radius 1 is 1.32 bits per heavy atom. The van der Waals surface area contributed by atoms with Crippen molar-refractivity contribution in [2.24, 2.45) is 16.6 Å². The molecular formula is C15H23N3O. The maximum absolute atomic E-state index is 5.99. The van der Waals surface area contributed by atoms with Crippen LogP contribution in [0.4, 0.5) is 0 Å². The third-order valence-corrected chi connectivity index (χ3v) is 3.48. The van der Waals surface area contributed by atoms with E-state index in [9.17, 15) is 0 Å². The molecule has 19 heavy (non-hydrogen) atoms.